The van der Waals surface area contributed by atoms with Crippen molar-refractivity contribution >= 4 is 41.5 Å². The summed E-state index contributed by atoms with van der Waals surface area (Å²) in [6, 6.07) is 39.9. The minimum Gasteiger partial charge on any atom is -0.346 e. The average molecular weight is 380 g/mol. The molecule has 0 aliphatic carbocycles. The van der Waals surface area contributed by atoms with Crippen molar-refractivity contribution in [3.63, 3.8) is 0 Å². The highest BCUT2D eigenvalue weighted by atomic mass is 31.1. The van der Waals surface area contributed by atoms with Gasteiger partial charge in [0, 0.05) is 11.0 Å². The Labute approximate surface area is 167 Å². The third-order valence-corrected chi connectivity index (χ3v) is 6.85. The van der Waals surface area contributed by atoms with Crippen molar-refractivity contribution in [1.82, 2.24) is 0 Å². The van der Waals surface area contributed by atoms with Crippen molar-refractivity contribution in [1.29, 1.82) is 0 Å². The molecule has 3 heteroatoms. The molecule has 0 heterocycles. The first-order valence-electron chi connectivity index (χ1n) is 9.25. The number of benzene rings is 4. The van der Waals surface area contributed by atoms with Crippen molar-refractivity contribution in [2.24, 2.45) is 4.99 Å². The van der Waals surface area contributed by atoms with E-state index in [4.69, 9.17) is 4.99 Å². The fourth-order valence-corrected chi connectivity index (χ4v) is 5.45. The molecule has 2 nitrogen and oxygen atoms in total. The maximum atomic E-state index is 4.75. The highest BCUT2D eigenvalue weighted by molar-refractivity contribution is 7.80. The molecule has 28 heavy (non-hydrogen) atoms. The Hall–Kier alpha value is -3.22. The SMILES string of the molecule is C(=Nc1ccccc1P(c1ccccc1)c1ccccc1)Nc1ccccc1. The Bertz CT molecular complexity index is 992. The van der Waals surface area contributed by atoms with Crippen LogP contribution in [0.3, 0.4) is 0 Å². The summed E-state index contributed by atoms with van der Waals surface area (Å²) in [6.45, 7) is 0. The number of para-hydroxylation sites is 2. The zero-order chi connectivity index (χ0) is 19.0. The summed E-state index contributed by atoms with van der Waals surface area (Å²) in [7, 11) is -0.679. The van der Waals surface area contributed by atoms with Crippen LogP contribution in [0, 0.1) is 0 Å². The van der Waals surface area contributed by atoms with Crippen molar-refractivity contribution < 1.29 is 0 Å². The first-order chi connectivity index (χ1) is 13.9. The van der Waals surface area contributed by atoms with E-state index in [0.29, 0.717) is 0 Å². The first kappa shape index (κ1) is 18.2. The van der Waals surface area contributed by atoms with Crippen LogP contribution in [-0.2, 0) is 0 Å². The number of rotatable bonds is 6. The predicted octanol–water partition coefficient (Wildman–Crippen LogP) is 5.22. The largest absolute Gasteiger partial charge is 0.346 e. The first-order valence-corrected chi connectivity index (χ1v) is 10.6. The van der Waals surface area contributed by atoms with Crippen molar-refractivity contribution in [3.8, 4) is 0 Å². The van der Waals surface area contributed by atoms with Crippen LogP contribution in [0.4, 0.5) is 11.4 Å². The van der Waals surface area contributed by atoms with Crippen LogP contribution in [0.25, 0.3) is 0 Å². The topological polar surface area (TPSA) is 24.4 Å². The molecule has 0 saturated heterocycles. The summed E-state index contributed by atoms with van der Waals surface area (Å²) in [4.78, 5) is 4.75. The Morgan fingerprint density at radius 2 is 1.07 bits per heavy atom. The second-order valence-electron chi connectivity index (χ2n) is 6.26. The van der Waals surface area contributed by atoms with Gasteiger partial charge in [-0.15, -0.1) is 0 Å². The number of anilines is 1. The highest BCUT2D eigenvalue weighted by Gasteiger charge is 2.18. The number of aliphatic imine (C=N–C) groups is 1. The second-order valence-corrected chi connectivity index (χ2v) is 8.45. The van der Waals surface area contributed by atoms with E-state index in [1.165, 1.54) is 15.9 Å². The van der Waals surface area contributed by atoms with E-state index in [2.05, 4.69) is 84.2 Å². The summed E-state index contributed by atoms with van der Waals surface area (Å²) in [5.41, 5.74) is 2.02. The van der Waals surface area contributed by atoms with E-state index >= 15 is 0 Å². The van der Waals surface area contributed by atoms with E-state index in [-0.39, 0.29) is 0 Å². The molecule has 0 bridgehead atoms. The van der Waals surface area contributed by atoms with Gasteiger partial charge in [-0.25, -0.2) is 4.99 Å². The average Bonchev–Trinajstić information content (AvgIpc) is 2.77. The van der Waals surface area contributed by atoms with Gasteiger partial charge < -0.3 is 5.32 Å². The standard InChI is InChI=1S/C25H21N2P/c1-4-12-21(13-5-1)26-20-27-24-18-10-11-19-25(24)28(22-14-6-2-7-15-22)23-16-8-3-9-17-23/h1-20H,(H,26,27). The molecule has 0 atom stereocenters. The van der Waals surface area contributed by atoms with Crippen LogP contribution < -0.4 is 21.2 Å². The van der Waals surface area contributed by atoms with Gasteiger partial charge in [0.15, 0.2) is 0 Å². The molecule has 0 unspecified atom stereocenters. The zero-order valence-electron chi connectivity index (χ0n) is 15.4. The summed E-state index contributed by atoms with van der Waals surface area (Å²) in [5, 5.41) is 7.15. The molecule has 1 N–H and O–H groups in total. The Morgan fingerprint density at radius 3 is 1.68 bits per heavy atom. The molecule has 0 aliphatic heterocycles. The van der Waals surface area contributed by atoms with Crippen molar-refractivity contribution in [2.75, 3.05) is 5.32 Å². The van der Waals surface area contributed by atoms with Crippen LogP contribution in [-0.4, -0.2) is 6.34 Å². The molecule has 0 spiro atoms. The molecule has 0 radical (unpaired) electrons. The second kappa shape index (κ2) is 9.12. The quantitative estimate of drug-likeness (QED) is 0.277. The lowest BCUT2D eigenvalue weighted by atomic mass is 10.3. The van der Waals surface area contributed by atoms with Gasteiger partial charge in [-0.3, -0.25) is 0 Å². The molecule has 136 valence electrons. The molecule has 0 aliphatic rings. The van der Waals surface area contributed by atoms with E-state index in [9.17, 15) is 0 Å². The Balaban J connectivity index is 1.71. The van der Waals surface area contributed by atoms with Gasteiger partial charge in [0.05, 0.1) is 12.0 Å². The maximum absolute atomic E-state index is 4.75. The molecule has 0 fully saturated rings. The number of nitrogens with one attached hydrogen (secondary N) is 1. The fraction of sp³-hybridized carbons (Fsp3) is 0. The highest BCUT2D eigenvalue weighted by Crippen LogP contribution is 2.36. The summed E-state index contributed by atoms with van der Waals surface area (Å²) in [6.07, 6.45) is 1.78. The molecule has 0 aromatic heterocycles. The van der Waals surface area contributed by atoms with E-state index < -0.39 is 7.92 Å². The third-order valence-electron chi connectivity index (χ3n) is 4.36. The van der Waals surface area contributed by atoms with Gasteiger partial charge >= 0.3 is 0 Å². The van der Waals surface area contributed by atoms with Crippen molar-refractivity contribution in [2.45, 2.75) is 0 Å². The third kappa shape index (κ3) is 4.36. The Morgan fingerprint density at radius 1 is 0.571 bits per heavy atom. The van der Waals surface area contributed by atoms with Gasteiger partial charge in [0.2, 0.25) is 0 Å². The minimum atomic E-state index is -0.679. The molecule has 4 rings (SSSR count). The van der Waals surface area contributed by atoms with E-state index in [1.54, 1.807) is 6.34 Å². The molecule has 4 aromatic carbocycles. The molecular weight excluding hydrogens is 359 g/mol. The number of nitrogens with zero attached hydrogens (tertiary/aromatic N) is 1. The van der Waals surface area contributed by atoms with Gasteiger partial charge in [0.1, 0.15) is 0 Å². The Kier molecular flexibility index (Phi) is 5.92. The predicted molar refractivity (Wildman–Crippen MR) is 123 cm³/mol. The smallest absolute Gasteiger partial charge is 0.0930 e. The van der Waals surface area contributed by atoms with E-state index in [0.717, 1.165) is 11.4 Å². The van der Waals surface area contributed by atoms with Crippen LogP contribution >= 0.6 is 7.92 Å². The molecule has 0 saturated carbocycles. The van der Waals surface area contributed by atoms with Gasteiger partial charge in [0.25, 0.3) is 0 Å². The van der Waals surface area contributed by atoms with E-state index in [1.807, 2.05) is 36.4 Å². The van der Waals surface area contributed by atoms with Gasteiger partial charge in [-0.1, -0.05) is 97.1 Å². The normalized spacial score (nSPS) is 11.0. The molecule has 4 aromatic rings. The lowest BCUT2D eigenvalue weighted by Crippen LogP contribution is -2.20. The van der Waals surface area contributed by atoms with Crippen LogP contribution in [0.5, 0.6) is 0 Å². The molecule has 0 amide bonds. The maximum Gasteiger partial charge on any atom is 0.0930 e. The summed E-state index contributed by atoms with van der Waals surface area (Å²) < 4.78 is 0. The minimum absolute atomic E-state index is 0.679. The van der Waals surface area contributed by atoms with Crippen LogP contribution in [0.15, 0.2) is 120 Å². The van der Waals surface area contributed by atoms with Crippen molar-refractivity contribution in [3.05, 3.63) is 115 Å². The summed E-state index contributed by atoms with van der Waals surface area (Å²) in [5.74, 6) is 0. The van der Waals surface area contributed by atoms with Crippen LogP contribution in [0.1, 0.15) is 0 Å². The lowest BCUT2D eigenvalue weighted by Gasteiger charge is -2.20. The van der Waals surface area contributed by atoms with Gasteiger partial charge in [-0.2, -0.15) is 0 Å². The number of hydrogen-bond donors (Lipinski definition) is 1. The van der Waals surface area contributed by atoms with Gasteiger partial charge in [-0.05, 0) is 36.7 Å². The number of hydrogen-bond acceptors (Lipinski definition) is 1. The fourth-order valence-electron chi connectivity index (χ4n) is 3.05. The lowest BCUT2D eigenvalue weighted by molar-refractivity contribution is 1.55. The monoisotopic (exact) mass is 380 g/mol. The molecular formula is C25H21N2P. The summed E-state index contributed by atoms with van der Waals surface area (Å²) >= 11 is 0. The zero-order valence-corrected chi connectivity index (χ0v) is 16.3. The van der Waals surface area contributed by atoms with Crippen LogP contribution in [0.2, 0.25) is 0 Å².